The number of nitrogens with zero attached hydrogens (tertiary/aromatic N) is 5. The number of carbonyl (C=O) groups is 2. The van der Waals surface area contributed by atoms with Gasteiger partial charge in [-0.3, -0.25) is 19.5 Å². The molecule has 11 heteroatoms. The lowest BCUT2D eigenvalue weighted by atomic mass is 9.61. The summed E-state index contributed by atoms with van der Waals surface area (Å²) in [7, 11) is 0. The molecular formula is C23H32N6O5. The van der Waals surface area contributed by atoms with E-state index in [-0.39, 0.29) is 12.4 Å². The zero-order chi connectivity index (χ0) is 23.8. The SMILES string of the molecule is O=C(NCc1ccon1)[C@@]12CC[C@@H](N3CCOCC3)C[C@H]1CCN(c1cnccn1)C2.O=CO. The second-order valence-electron chi connectivity index (χ2n) is 8.98. The van der Waals surface area contributed by atoms with Gasteiger partial charge in [-0.1, -0.05) is 5.16 Å². The highest BCUT2D eigenvalue weighted by atomic mass is 16.5. The van der Waals surface area contributed by atoms with Gasteiger partial charge < -0.3 is 24.6 Å². The van der Waals surface area contributed by atoms with Crippen molar-refractivity contribution >= 4 is 18.2 Å². The van der Waals surface area contributed by atoms with E-state index in [4.69, 9.17) is 19.2 Å². The van der Waals surface area contributed by atoms with Gasteiger partial charge in [0.1, 0.15) is 17.8 Å². The number of carboxylic acid groups (broad SMARTS) is 1. The molecule has 34 heavy (non-hydrogen) atoms. The average Bonchev–Trinajstić information content (AvgIpc) is 3.42. The Kier molecular flexibility index (Phi) is 8.07. The number of piperidine rings is 1. The molecule has 3 atom stereocenters. The van der Waals surface area contributed by atoms with Crippen molar-refractivity contribution in [1.29, 1.82) is 0 Å². The van der Waals surface area contributed by atoms with Gasteiger partial charge in [-0.05, 0) is 31.6 Å². The molecule has 1 aliphatic carbocycles. The van der Waals surface area contributed by atoms with Crippen LogP contribution in [0, 0.1) is 11.3 Å². The molecule has 184 valence electrons. The van der Waals surface area contributed by atoms with Crippen molar-refractivity contribution in [3.8, 4) is 0 Å². The van der Waals surface area contributed by atoms with E-state index >= 15 is 0 Å². The highest BCUT2D eigenvalue weighted by molar-refractivity contribution is 5.84. The molecule has 3 aliphatic rings. The van der Waals surface area contributed by atoms with Gasteiger partial charge in [0.05, 0.1) is 31.4 Å². The molecule has 2 saturated heterocycles. The Morgan fingerprint density at radius 1 is 1.26 bits per heavy atom. The molecule has 0 aromatic carbocycles. The average molecular weight is 473 g/mol. The van der Waals surface area contributed by atoms with E-state index in [1.807, 2.05) is 0 Å². The maximum atomic E-state index is 13.6. The molecular weight excluding hydrogens is 440 g/mol. The van der Waals surface area contributed by atoms with E-state index in [2.05, 4.69) is 30.2 Å². The summed E-state index contributed by atoms with van der Waals surface area (Å²) in [6.07, 6.45) is 10.7. The molecule has 2 aromatic heterocycles. The minimum atomic E-state index is -0.428. The highest BCUT2D eigenvalue weighted by Crippen LogP contribution is 2.48. The van der Waals surface area contributed by atoms with Gasteiger partial charge in [0.15, 0.2) is 0 Å². The largest absolute Gasteiger partial charge is 0.483 e. The highest BCUT2D eigenvalue weighted by Gasteiger charge is 2.52. The number of amides is 1. The Balaban J connectivity index is 0.000000868. The zero-order valence-electron chi connectivity index (χ0n) is 19.2. The number of hydrogen-bond donors (Lipinski definition) is 2. The number of nitrogens with one attached hydrogen (secondary N) is 1. The lowest BCUT2D eigenvalue weighted by molar-refractivity contribution is -0.139. The van der Waals surface area contributed by atoms with Crippen LogP contribution in [0.5, 0.6) is 0 Å². The summed E-state index contributed by atoms with van der Waals surface area (Å²) in [6, 6.07) is 2.32. The molecule has 0 radical (unpaired) electrons. The van der Waals surface area contributed by atoms with Crippen molar-refractivity contribution in [3.63, 3.8) is 0 Å². The third-order valence-corrected chi connectivity index (χ3v) is 7.29. The van der Waals surface area contributed by atoms with E-state index in [0.717, 1.165) is 70.0 Å². The Hall–Kier alpha value is -3.05. The number of morpholine rings is 1. The summed E-state index contributed by atoms with van der Waals surface area (Å²) in [5, 5.41) is 14.0. The summed E-state index contributed by atoms with van der Waals surface area (Å²) >= 11 is 0. The number of carbonyl (C=O) groups excluding carboxylic acids is 1. The van der Waals surface area contributed by atoms with Crippen molar-refractivity contribution in [2.75, 3.05) is 44.3 Å². The van der Waals surface area contributed by atoms with E-state index in [0.29, 0.717) is 25.0 Å². The van der Waals surface area contributed by atoms with Gasteiger partial charge in [-0.25, -0.2) is 4.98 Å². The zero-order valence-corrected chi connectivity index (χ0v) is 19.2. The number of rotatable bonds is 5. The van der Waals surface area contributed by atoms with E-state index in [9.17, 15) is 4.79 Å². The topological polar surface area (TPSA) is 134 Å². The molecule has 0 unspecified atom stereocenters. The summed E-state index contributed by atoms with van der Waals surface area (Å²) < 4.78 is 10.5. The lowest BCUT2D eigenvalue weighted by Gasteiger charge is -2.53. The second kappa shape index (κ2) is 11.4. The molecule has 2 aromatic rings. The Morgan fingerprint density at radius 2 is 2.09 bits per heavy atom. The molecule has 3 fully saturated rings. The van der Waals surface area contributed by atoms with Crippen LogP contribution in [0.2, 0.25) is 0 Å². The summed E-state index contributed by atoms with van der Waals surface area (Å²) in [6.45, 7) is 5.33. The van der Waals surface area contributed by atoms with Crippen molar-refractivity contribution < 1.29 is 24.0 Å². The van der Waals surface area contributed by atoms with Crippen molar-refractivity contribution in [1.82, 2.24) is 25.3 Å². The van der Waals surface area contributed by atoms with Crippen LogP contribution in [0.15, 0.2) is 35.4 Å². The van der Waals surface area contributed by atoms with Crippen LogP contribution in [0.3, 0.4) is 0 Å². The fourth-order valence-electron chi connectivity index (χ4n) is 5.60. The normalized spacial score (nSPS) is 27.1. The Labute approximate surface area is 198 Å². The lowest BCUT2D eigenvalue weighted by Crippen LogP contribution is -2.61. The first-order valence-electron chi connectivity index (χ1n) is 11.7. The third-order valence-electron chi connectivity index (χ3n) is 7.29. The smallest absolute Gasteiger partial charge is 0.290 e. The molecule has 1 amide bonds. The van der Waals surface area contributed by atoms with Crippen LogP contribution >= 0.6 is 0 Å². The van der Waals surface area contributed by atoms with Gasteiger partial charge in [-0.2, -0.15) is 0 Å². The molecule has 2 N–H and O–H groups in total. The number of fused-ring (bicyclic) bond motifs is 1. The summed E-state index contributed by atoms with van der Waals surface area (Å²) in [5.74, 6) is 1.31. The van der Waals surface area contributed by atoms with E-state index in [1.165, 1.54) is 6.26 Å². The molecule has 0 spiro atoms. The standard InChI is InChI=1S/C22H30N6O3.CH2O2/c29-21(25-14-18-3-10-31-26-18)22-4-1-19(27-8-11-30-12-9-27)13-17(22)2-7-28(16-22)20-15-23-5-6-24-20;2-1-3/h3,5-6,10,15,17,19H,1-2,4,7-9,11-14,16H2,(H,25,29);1H,(H,2,3)/t17-,19-,22-;/m1./s1. The van der Waals surface area contributed by atoms with Crippen LogP contribution < -0.4 is 10.2 Å². The molecule has 11 nitrogen and oxygen atoms in total. The van der Waals surface area contributed by atoms with Crippen molar-refractivity contribution in [2.45, 2.75) is 38.3 Å². The minimum Gasteiger partial charge on any atom is -0.483 e. The number of anilines is 1. The number of hydrogen-bond acceptors (Lipinski definition) is 9. The van der Waals surface area contributed by atoms with Gasteiger partial charge in [0.25, 0.3) is 6.47 Å². The molecule has 2 aliphatic heterocycles. The maximum Gasteiger partial charge on any atom is 0.290 e. The van der Waals surface area contributed by atoms with E-state index < -0.39 is 5.41 Å². The second-order valence-corrected chi connectivity index (χ2v) is 8.98. The number of aromatic nitrogens is 3. The fourth-order valence-corrected chi connectivity index (χ4v) is 5.60. The van der Waals surface area contributed by atoms with Crippen LogP contribution in [-0.4, -0.2) is 82.9 Å². The van der Waals surface area contributed by atoms with Crippen LogP contribution in [0.25, 0.3) is 0 Å². The maximum absolute atomic E-state index is 13.6. The van der Waals surface area contributed by atoms with Crippen molar-refractivity contribution in [2.24, 2.45) is 11.3 Å². The predicted octanol–water partition coefficient (Wildman–Crippen LogP) is 1.18. The first kappa shape index (κ1) is 24.1. The van der Waals surface area contributed by atoms with Crippen molar-refractivity contribution in [3.05, 3.63) is 36.6 Å². The Bertz CT molecular complexity index is 908. The quantitative estimate of drug-likeness (QED) is 0.611. The summed E-state index contributed by atoms with van der Waals surface area (Å²) in [4.78, 5) is 35.5. The monoisotopic (exact) mass is 472 g/mol. The van der Waals surface area contributed by atoms with Gasteiger partial charge >= 0.3 is 0 Å². The molecule has 5 rings (SSSR count). The molecule has 1 saturated carbocycles. The van der Waals surface area contributed by atoms with Crippen LogP contribution in [0.1, 0.15) is 31.4 Å². The first-order valence-corrected chi connectivity index (χ1v) is 11.7. The minimum absolute atomic E-state index is 0.120. The van der Waals surface area contributed by atoms with Gasteiger partial charge in [0.2, 0.25) is 5.91 Å². The van der Waals surface area contributed by atoms with Crippen LogP contribution in [-0.2, 0) is 20.9 Å². The first-order chi connectivity index (χ1) is 16.7. The third kappa shape index (κ3) is 5.36. The predicted molar refractivity (Wildman–Crippen MR) is 122 cm³/mol. The fraction of sp³-hybridized carbons (Fsp3) is 0.609. The van der Waals surface area contributed by atoms with E-state index in [1.54, 1.807) is 24.7 Å². The van der Waals surface area contributed by atoms with Crippen LogP contribution in [0.4, 0.5) is 5.82 Å². The summed E-state index contributed by atoms with van der Waals surface area (Å²) in [5.41, 5.74) is 0.312. The Morgan fingerprint density at radius 3 is 2.79 bits per heavy atom. The molecule has 0 bridgehead atoms. The van der Waals surface area contributed by atoms with Gasteiger partial charge in [-0.15, -0.1) is 0 Å². The number of ether oxygens (including phenoxy) is 1. The molecule has 4 heterocycles. The van der Waals surface area contributed by atoms with Gasteiger partial charge in [0, 0.05) is 50.7 Å².